The van der Waals surface area contributed by atoms with Gasteiger partial charge in [-0.2, -0.15) is 18.7 Å². The van der Waals surface area contributed by atoms with Gasteiger partial charge in [-0.25, -0.2) is 0 Å². The van der Waals surface area contributed by atoms with Gasteiger partial charge in [-0.05, 0) is 39.0 Å². The summed E-state index contributed by atoms with van der Waals surface area (Å²) >= 11 is 0. The molecule has 0 saturated carbocycles. The second kappa shape index (κ2) is 34.7. The van der Waals surface area contributed by atoms with Crippen LogP contribution >= 0.6 is 0 Å². The van der Waals surface area contributed by atoms with E-state index in [2.05, 4.69) is 139 Å². The first-order chi connectivity index (χ1) is 30.1. The van der Waals surface area contributed by atoms with Gasteiger partial charge >= 0.3 is 0 Å². The Kier molecular flexibility index (Phi) is 31.1. The van der Waals surface area contributed by atoms with E-state index in [-0.39, 0.29) is 67.9 Å². The molecule has 0 fully saturated rings. The minimum absolute atomic E-state index is 0. The van der Waals surface area contributed by atoms with Crippen LogP contribution in [-0.2, 0) is 26.2 Å². The van der Waals surface area contributed by atoms with E-state index in [9.17, 15) is 0 Å². The molecule has 8 aromatic rings. The summed E-state index contributed by atoms with van der Waals surface area (Å²) in [5.74, 6) is 0. The molecule has 4 N–H and O–H groups in total. The molecule has 0 unspecified atom stereocenters. The molecule has 0 saturated heterocycles. The van der Waals surface area contributed by atoms with Gasteiger partial charge in [0.25, 0.3) is 0 Å². The Morgan fingerprint density at radius 1 is 0.323 bits per heavy atom. The Morgan fingerprint density at radius 2 is 0.600 bits per heavy atom. The minimum Gasteiger partial charge on any atom is -1.00 e. The predicted molar refractivity (Wildman–Crippen MR) is 241 cm³/mol. The number of nitrogens with one attached hydrogen (secondary N) is 4. The van der Waals surface area contributed by atoms with E-state index < -0.39 is 0 Å². The molecule has 0 bridgehead atoms. The van der Waals surface area contributed by atoms with Gasteiger partial charge in [0, 0.05) is 42.6 Å². The smallest absolute Gasteiger partial charge is 0.248 e. The summed E-state index contributed by atoms with van der Waals surface area (Å²) in [5.41, 5.74) is 8.64. The van der Waals surface area contributed by atoms with Crippen LogP contribution in [0, 0.1) is 0 Å². The summed E-state index contributed by atoms with van der Waals surface area (Å²) in [6.07, 6.45) is 19.6. The van der Waals surface area contributed by atoms with E-state index in [0.29, 0.717) is 0 Å². The van der Waals surface area contributed by atoms with Crippen molar-refractivity contribution in [1.82, 2.24) is 41.2 Å². The van der Waals surface area contributed by atoms with Gasteiger partial charge in [0.2, 0.25) is 22.8 Å². The van der Waals surface area contributed by atoms with Gasteiger partial charge in [-0.15, -0.1) is 0 Å². The molecule has 8 rings (SSSR count). The number of aromatic nitrogens is 12. The average Bonchev–Trinajstić information content (AvgIpc) is 4.17. The Bertz CT molecular complexity index is 2320. The molecule has 350 valence electrons. The lowest BCUT2D eigenvalue weighted by Gasteiger charge is -1.96. The molecule has 12 nitrogen and oxygen atoms in total. The van der Waals surface area contributed by atoms with E-state index in [1.165, 1.54) is 56.9 Å². The lowest BCUT2D eigenvalue weighted by molar-refractivity contribution is -0.753. The minimum atomic E-state index is 0. The van der Waals surface area contributed by atoms with Crippen molar-refractivity contribution in [3.05, 3.63) is 146 Å². The Labute approximate surface area is 427 Å². The molecule has 0 aliphatic rings. The fraction of sp³-hybridized carbons (Fsp3) is 0.347. The molecular formula is C49H66Br4N12. The zero-order valence-corrected chi connectivity index (χ0v) is 44.5. The molecule has 4 aromatic carbocycles. The van der Waals surface area contributed by atoms with Crippen LogP contribution in [0.15, 0.2) is 146 Å². The lowest BCUT2D eigenvalue weighted by atomic mass is 10.1. The van der Waals surface area contributed by atoms with Crippen LogP contribution in [0.1, 0.15) is 85.5 Å². The summed E-state index contributed by atoms with van der Waals surface area (Å²) < 4.78 is 8.08. The highest BCUT2D eigenvalue weighted by Crippen LogP contribution is 2.16. The van der Waals surface area contributed by atoms with Crippen LogP contribution in [0.3, 0.4) is 0 Å². The second-order valence-corrected chi connectivity index (χ2v) is 14.9. The third-order valence-electron chi connectivity index (χ3n) is 9.90. The predicted octanol–water partition coefficient (Wildman–Crippen LogP) is -2.94. The van der Waals surface area contributed by atoms with Gasteiger partial charge in [0.05, 0.1) is 0 Å². The van der Waals surface area contributed by atoms with Crippen molar-refractivity contribution in [1.29, 1.82) is 0 Å². The van der Waals surface area contributed by atoms with Crippen molar-refractivity contribution in [2.24, 2.45) is 0 Å². The van der Waals surface area contributed by atoms with Crippen LogP contribution < -0.4 is 86.7 Å². The topological polar surface area (TPSA) is 130 Å². The van der Waals surface area contributed by atoms with Gasteiger partial charge in [0.1, 0.15) is 26.2 Å². The van der Waals surface area contributed by atoms with Crippen LogP contribution in [-0.4, -0.2) is 41.2 Å². The van der Waals surface area contributed by atoms with Crippen LogP contribution in [0.4, 0.5) is 0 Å². The molecule has 4 heterocycles. The molecular weight excluding hydrogens is 1080 g/mol. The zero-order chi connectivity index (χ0) is 42.7. The Balaban J connectivity index is 0.000000427. The molecule has 0 radical (unpaired) electrons. The highest BCUT2D eigenvalue weighted by molar-refractivity contribution is 5.58. The van der Waals surface area contributed by atoms with Crippen molar-refractivity contribution in [2.45, 2.75) is 112 Å². The first-order valence-electron chi connectivity index (χ1n) is 22.1. The normalized spacial score (nSPS) is 9.85. The molecule has 0 spiro atoms. The number of hydrogen-bond acceptors (Lipinski definition) is 4. The monoisotopic (exact) mass is 1140 g/mol. The summed E-state index contributed by atoms with van der Waals surface area (Å²) in [7, 11) is 0. The number of aryl methyl sites for hydroxylation is 4. The molecule has 0 aliphatic carbocycles. The van der Waals surface area contributed by atoms with Crippen molar-refractivity contribution in [3.63, 3.8) is 0 Å². The molecule has 0 aliphatic heterocycles. The SMILES string of the molecule is CCCCCCC[n+]1cc(-c2ccccc2)n[nH]1.CCCCC[n+]1cc(-c2ccccc2)n[nH]1.CCC[n+]1cc(-c2ccccc2)n[nH]1.CC[n+]1cc(-c2ccccc2)n[nH]1.[Br-].[Br-].[Br-].[Br-]. The number of benzene rings is 4. The lowest BCUT2D eigenvalue weighted by Crippen LogP contribution is -3.00. The first kappa shape index (κ1) is 58.4. The van der Waals surface area contributed by atoms with Crippen molar-refractivity contribution in [2.75, 3.05) is 0 Å². The maximum atomic E-state index is 4.34. The Hall–Kier alpha value is -4.64. The highest BCUT2D eigenvalue weighted by atomic mass is 79.9. The standard InChI is InChI=1S/C15H21N3.C13H17N3.C11H13N3.C10H11N3.4BrH/c1-2-3-4-5-9-12-18-13-15(16-17-18)14-10-7-6-8-11-14;1-2-3-7-10-16-11-13(14-15-16)12-8-5-4-6-9-12;1-2-8-14-9-11(12-13-14)10-6-4-3-5-7-10;1-2-13-8-10(11-12-13)9-6-4-3-5-7-9;;;;/h6-8,10-11,13H,2-5,9,12H2,1H3;4-6,8-9,11H,2-3,7,10H2,1H3;3-7,9H,2,8H2,1H3;3-8H,2H2,1H3;4*1H. The van der Waals surface area contributed by atoms with E-state index in [4.69, 9.17) is 0 Å². The van der Waals surface area contributed by atoms with Crippen molar-refractivity contribution >= 4 is 0 Å². The number of unbranched alkanes of at least 4 members (excludes halogenated alkanes) is 6. The van der Waals surface area contributed by atoms with Crippen molar-refractivity contribution < 1.29 is 86.7 Å². The quantitative estimate of drug-likeness (QED) is 0.0576. The molecule has 65 heavy (non-hydrogen) atoms. The molecule has 16 heteroatoms. The van der Waals surface area contributed by atoms with Crippen LogP contribution in [0.5, 0.6) is 0 Å². The largest absolute Gasteiger partial charge is 1.00 e. The maximum absolute atomic E-state index is 4.34. The summed E-state index contributed by atoms with van der Waals surface area (Å²) in [6.45, 7) is 12.6. The summed E-state index contributed by atoms with van der Waals surface area (Å²) in [6, 6.07) is 40.8. The fourth-order valence-corrected chi connectivity index (χ4v) is 6.45. The van der Waals surface area contributed by atoms with Gasteiger partial charge in [-0.3, -0.25) is 0 Å². The molecule has 4 aromatic heterocycles. The number of nitrogens with zero attached hydrogens (tertiary/aromatic N) is 8. The number of halogens is 4. The number of hydrogen-bond donors (Lipinski definition) is 4. The number of H-pyrrole nitrogens is 4. The molecule has 0 atom stereocenters. The van der Waals surface area contributed by atoms with E-state index in [1.807, 2.05) is 94.6 Å². The van der Waals surface area contributed by atoms with Crippen molar-refractivity contribution in [3.8, 4) is 45.0 Å². The van der Waals surface area contributed by atoms with Gasteiger partial charge in [-0.1, -0.05) is 189 Å². The van der Waals surface area contributed by atoms with Gasteiger partial charge < -0.3 is 67.9 Å². The fourth-order valence-electron chi connectivity index (χ4n) is 6.45. The summed E-state index contributed by atoms with van der Waals surface area (Å²) in [5, 5.41) is 29.1. The first-order valence-corrected chi connectivity index (χ1v) is 22.1. The van der Waals surface area contributed by atoms with Crippen LogP contribution in [0.2, 0.25) is 0 Å². The third-order valence-corrected chi connectivity index (χ3v) is 9.90. The van der Waals surface area contributed by atoms with Crippen LogP contribution in [0.25, 0.3) is 45.0 Å². The summed E-state index contributed by atoms with van der Waals surface area (Å²) in [4.78, 5) is 0. The molecule has 0 amide bonds. The number of rotatable bonds is 17. The highest BCUT2D eigenvalue weighted by Gasteiger charge is 2.13. The third kappa shape index (κ3) is 21.0. The van der Waals surface area contributed by atoms with Gasteiger partial charge in [0.15, 0.2) is 24.8 Å². The zero-order valence-electron chi connectivity index (χ0n) is 38.1. The average molecular weight is 1140 g/mol. The van der Waals surface area contributed by atoms with E-state index in [0.717, 1.165) is 72.1 Å². The second-order valence-electron chi connectivity index (χ2n) is 14.9. The van der Waals surface area contributed by atoms with E-state index in [1.54, 1.807) is 0 Å². The maximum Gasteiger partial charge on any atom is 0.248 e. The Morgan fingerprint density at radius 3 is 0.908 bits per heavy atom. The number of aromatic amines is 4. The van der Waals surface area contributed by atoms with E-state index >= 15 is 0 Å².